The largest absolute Gasteiger partial charge is 0.545 e. The van der Waals surface area contributed by atoms with Gasteiger partial charge in [0.2, 0.25) is 5.88 Å². The Hall–Kier alpha value is -2.82. The molecule has 1 aromatic carbocycles. The third kappa shape index (κ3) is 4.29. The molecular weight excluding hydrogens is 388 g/mol. The number of carboxylic acid groups (broad SMARTS) is 1. The molecule has 1 saturated heterocycles. The third-order valence-corrected chi connectivity index (χ3v) is 6.15. The van der Waals surface area contributed by atoms with Crippen LogP contribution >= 0.6 is 11.8 Å². The minimum absolute atomic E-state index is 0.111. The molecule has 0 N–H and O–H groups in total. The lowest BCUT2D eigenvalue weighted by Crippen LogP contribution is -2.22. The number of allylic oxidation sites excluding steroid dienone is 1. The van der Waals surface area contributed by atoms with Gasteiger partial charge in [0, 0.05) is 23.2 Å². The van der Waals surface area contributed by atoms with E-state index in [1.165, 1.54) is 12.1 Å². The molecule has 0 saturated carbocycles. The zero-order valence-corrected chi connectivity index (χ0v) is 16.5. The summed E-state index contributed by atoms with van der Waals surface area (Å²) in [7, 11) is 0. The predicted molar refractivity (Wildman–Crippen MR) is 107 cm³/mol. The number of carboxylic acids is 1. The summed E-state index contributed by atoms with van der Waals surface area (Å²) in [5.41, 5.74) is 3.09. The number of carbonyl (C=O) groups excluding carboxylic acids is 1. The summed E-state index contributed by atoms with van der Waals surface area (Å²) in [4.78, 5) is 16.6. The number of ether oxygens (including phenoxy) is 2. The van der Waals surface area contributed by atoms with Crippen LogP contribution in [0.5, 0.6) is 5.88 Å². The Bertz CT molecular complexity index is 989. The van der Waals surface area contributed by atoms with Crippen LogP contribution in [-0.4, -0.2) is 29.9 Å². The van der Waals surface area contributed by atoms with Crippen LogP contribution in [-0.2, 0) is 11.3 Å². The minimum Gasteiger partial charge on any atom is -0.545 e. The van der Waals surface area contributed by atoms with Gasteiger partial charge in [-0.05, 0) is 35.6 Å². The smallest absolute Gasteiger partial charge is 0.232 e. The number of aromatic carboxylic acids is 1. The number of pyridine rings is 1. The average molecular weight is 407 g/mol. The van der Waals surface area contributed by atoms with Crippen molar-refractivity contribution in [3.05, 3.63) is 64.4 Å². The molecule has 148 valence electrons. The number of aromatic nitrogens is 1. The maximum atomic E-state index is 10.9. The summed E-state index contributed by atoms with van der Waals surface area (Å²) in [5, 5.41) is 20.7. The predicted octanol–water partition coefficient (Wildman–Crippen LogP) is 2.88. The molecule has 2 aliphatic rings. The van der Waals surface area contributed by atoms with Gasteiger partial charge in [-0.15, -0.1) is 11.8 Å². The van der Waals surface area contributed by atoms with Crippen LogP contribution in [0, 0.1) is 11.3 Å². The van der Waals surface area contributed by atoms with Gasteiger partial charge < -0.3 is 19.4 Å². The van der Waals surface area contributed by atoms with Crippen LogP contribution in [0.4, 0.5) is 0 Å². The van der Waals surface area contributed by atoms with Gasteiger partial charge in [0.05, 0.1) is 18.3 Å². The molecular formula is C22H19N2O4S-. The molecule has 2 aliphatic heterocycles. The number of benzene rings is 1. The normalized spacial score (nSPS) is 18.3. The molecule has 2 aromatic rings. The number of thioether (sulfide) groups is 1. The van der Waals surface area contributed by atoms with Crippen molar-refractivity contribution in [1.82, 2.24) is 4.98 Å². The van der Waals surface area contributed by atoms with Crippen LogP contribution in [0.2, 0.25) is 0 Å². The fraction of sp³-hybridized carbons (Fsp3) is 0.318. The molecule has 7 heteroatoms. The van der Waals surface area contributed by atoms with E-state index in [2.05, 4.69) is 17.1 Å². The van der Waals surface area contributed by atoms with Gasteiger partial charge in [0.1, 0.15) is 18.2 Å². The number of hydrogen-bond acceptors (Lipinski definition) is 7. The van der Waals surface area contributed by atoms with E-state index in [-0.39, 0.29) is 18.1 Å². The molecule has 0 spiro atoms. The van der Waals surface area contributed by atoms with Crippen molar-refractivity contribution in [2.24, 2.45) is 0 Å². The second-order valence-corrected chi connectivity index (χ2v) is 8.06. The van der Waals surface area contributed by atoms with Gasteiger partial charge in [-0.3, -0.25) is 0 Å². The van der Waals surface area contributed by atoms with Crippen molar-refractivity contribution in [1.29, 1.82) is 5.26 Å². The molecule has 0 amide bonds. The molecule has 1 unspecified atom stereocenters. The highest BCUT2D eigenvalue weighted by Crippen LogP contribution is 2.38. The monoisotopic (exact) mass is 407 g/mol. The van der Waals surface area contributed by atoms with Crippen LogP contribution in [0.25, 0.3) is 4.91 Å². The first-order chi connectivity index (χ1) is 14.2. The molecule has 1 aromatic heterocycles. The summed E-state index contributed by atoms with van der Waals surface area (Å²) in [6.07, 6.45) is 4.04. The van der Waals surface area contributed by atoms with Crippen molar-refractivity contribution in [3.63, 3.8) is 0 Å². The molecule has 0 bridgehead atoms. The Morgan fingerprint density at radius 1 is 1.38 bits per heavy atom. The van der Waals surface area contributed by atoms with E-state index >= 15 is 0 Å². The first-order valence-corrected chi connectivity index (χ1v) is 10.4. The maximum Gasteiger partial charge on any atom is 0.232 e. The maximum absolute atomic E-state index is 10.9. The first-order valence-electron chi connectivity index (χ1n) is 9.45. The van der Waals surface area contributed by atoms with E-state index in [9.17, 15) is 15.2 Å². The zero-order chi connectivity index (χ0) is 20.2. The Labute approximate surface area is 173 Å². The van der Waals surface area contributed by atoms with Crippen LogP contribution in [0.15, 0.2) is 36.4 Å². The Morgan fingerprint density at radius 2 is 2.21 bits per heavy atom. The fourth-order valence-electron chi connectivity index (χ4n) is 3.47. The second kappa shape index (κ2) is 8.68. The van der Waals surface area contributed by atoms with E-state index < -0.39 is 5.97 Å². The highest BCUT2D eigenvalue weighted by Gasteiger charge is 2.26. The molecule has 0 aliphatic carbocycles. The molecule has 29 heavy (non-hydrogen) atoms. The third-order valence-electron chi connectivity index (χ3n) is 5.02. The topological polar surface area (TPSA) is 95.3 Å². The number of carbonyl (C=O) groups is 1. The summed E-state index contributed by atoms with van der Waals surface area (Å²) < 4.78 is 11.5. The van der Waals surface area contributed by atoms with Gasteiger partial charge in [-0.2, -0.15) is 5.26 Å². The second-order valence-electron chi connectivity index (χ2n) is 6.93. The summed E-state index contributed by atoms with van der Waals surface area (Å²) in [5.74, 6) is 0.275. The Morgan fingerprint density at radius 3 is 2.83 bits per heavy atom. The van der Waals surface area contributed by atoms with E-state index in [0.29, 0.717) is 24.7 Å². The van der Waals surface area contributed by atoms with Gasteiger partial charge in [-0.1, -0.05) is 30.3 Å². The minimum atomic E-state index is -1.22. The van der Waals surface area contributed by atoms with Gasteiger partial charge in [0.25, 0.3) is 0 Å². The lowest BCUT2D eigenvalue weighted by Gasteiger charge is -2.16. The van der Waals surface area contributed by atoms with Crippen molar-refractivity contribution in [2.75, 3.05) is 19.0 Å². The summed E-state index contributed by atoms with van der Waals surface area (Å²) >= 11 is 1.76. The van der Waals surface area contributed by atoms with E-state index in [4.69, 9.17) is 9.47 Å². The van der Waals surface area contributed by atoms with Gasteiger partial charge in [0.15, 0.2) is 0 Å². The molecule has 1 fully saturated rings. The van der Waals surface area contributed by atoms with Crippen LogP contribution < -0.4 is 9.84 Å². The molecule has 6 nitrogen and oxygen atoms in total. The van der Waals surface area contributed by atoms with E-state index in [0.717, 1.165) is 40.3 Å². The molecule has 0 radical (unpaired) electrons. The lowest BCUT2D eigenvalue weighted by molar-refractivity contribution is -0.255. The van der Waals surface area contributed by atoms with Crippen molar-refractivity contribution >= 4 is 22.6 Å². The molecule has 3 heterocycles. The van der Waals surface area contributed by atoms with Crippen LogP contribution in [0.3, 0.4) is 0 Å². The summed E-state index contributed by atoms with van der Waals surface area (Å²) in [6.45, 7) is 1.46. The van der Waals surface area contributed by atoms with Gasteiger partial charge in [-0.25, -0.2) is 4.98 Å². The van der Waals surface area contributed by atoms with Crippen molar-refractivity contribution in [3.8, 4) is 11.9 Å². The van der Waals surface area contributed by atoms with E-state index in [1.807, 2.05) is 6.07 Å². The molecule has 4 rings (SSSR count). The lowest BCUT2D eigenvalue weighted by atomic mass is 9.94. The van der Waals surface area contributed by atoms with Crippen molar-refractivity contribution < 1.29 is 19.4 Å². The van der Waals surface area contributed by atoms with E-state index in [1.54, 1.807) is 23.9 Å². The van der Waals surface area contributed by atoms with Crippen molar-refractivity contribution in [2.45, 2.75) is 25.4 Å². The number of nitrogens with zero attached hydrogens (tertiary/aromatic N) is 2. The quantitative estimate of drug-likeness (QED) is 0.726. The first kappa shape index (κ1) is 19.5. The fourth-order valence-corrected chi connectivity index (χ4v) is 4.41. The number of hydrogen-bond donors (Lipinski definition) is 0. The Kier molecular flexibility index (Phi) is 5.84. The zero-order valence-electron chi connectivity index (χ0n) is 15.7. The molecule has 1 atom stereocenters. The average Bonchev–Trinajstić information content (AvgIpc) is 3.46. The standard InChI is InChI=1S/C22H20N2O4S/c23-11-18-17(16-7-8-27-13-16)10-19(20-2-1-9-29-20)24-21(18)28-12-14-3-5-15(6-4-14)22(25)26/h2-6,10,16H,1,7-9,12-13H2,(H,25,26)/p-1. The van der Waals surface area contributed by atoms with Gasteiger partial charge >= 0.3 is 0 Å². The number of nitriles is 1. The Balaban J connectivity index is 1.65. The SMILES string of the molecule is N#Cc1c(C2CCOC2)cc(C2=CCCS2)nc1OCc1ccc(C(=O)[O-])cc1. The highest BCUT2D eigenvalue weighted by molar-refractivity contribution is 8.08. The number of rotatable bonds is 6. The van der Waals surface area contributed by atoms with Crippen LogP contribution in [0.1, 0.15) is 51.5 Å². The highest BCUT2D eigenvalue weighted by atomic mass is 32.2. The summed E-state index contributed by atoms with van der Waals surface area (Å²) in [6, 6.07) is 10.6.